The zero-order valence-corrected chi connectivity index (χ0v) is 12.6. The van der Waals surface area contributed by atoms with Crippen LogP contribution in [0, 0.1) is 0 Å². The monoisotopic (exact) mass is 317 g/mol. The fourth-order valence-electron chi connectivity index (χ4n) is 1.74. The van der Waals surface area contributed by atoms with Gasteiger partial charge in [-0.3, -0.25) is 9.59 Å². The highest BCUT2D eigenvalue weighted by Gasteiger charge is 2.09. The van der Waals surface area contributed by atoms with Crippen molar-refractivity contribution in [2.24, 2.45) is 0 Å². The average Bonchev–Trinajstić information content (AvgIpc) is 3.06. The van der Waals surface area contributed by atoms with Crippen LogP contribution < -0.4 is 5.32 Å². The van der Waals surface area contributed by atoms with Crippen LogP contribution in [0.2, 0.25) is 0 Å². The van der Waals surface area contributed by atoms with Gasteiger partial charge < -0.3 is 10.1 Å². The second kappa shape index (κ2) is 8.09. The SMILES string of the molecule is O=Cc1ccc(C(=O)OCC(=O)NCCc2cccs2)cc1. The molecule has 1 heterocycles. The van der Waals surface area contributed by atoms with Crippen molar-refractivity contribution in [3.8, 4) is 0 Å². The Kier molecular flexibility index (Phi) is 5.85. The van der Waals surface area contributed by atoms with E-state index in [2.05, 4.69) is 5.32 Å². The Morgan fingerprint density at radius 1 is 1.18 bits per heavy atom. The van der Waals surface area contributed by atoms with Gasteiger partial charge in [0.05, 0.1) is 5.56 Å². The van der Waals surface area contributed by atoms with Gasteiger partial charge in [-0.05, 0) is 30.0 Å². The van der Waals surface area contributed by atoms with Crippen molar-refractivity contribution < 1.29 is 19.1 Å². The summed E-state index contributed by atoms with van der Waals surface area (Å²) in [6, 6.07) is 9.97. The van der Waals surface area contributed by atoms with Gasteiger partial charge in [0.1, 0.15) is 6.29 Å². The van der Waals surface area contributed by atoms with Crippen molar-refractivity contribution >= 4 is 29.5 Å². The second-order valence-corrected chi connectivity index (χ2v) is 5.53. The van der Waals surface area contributed by atoms with Crippen molar-refractivity contribution in [1.29, 1.82) is 0 Å². The molecule has 2 rings (SSSR count). The summed E-state index contributed by atoms with van der Waals surface area (Å²) >= 11 is 1.63. The molecule has 0 saturated heterocycles. The molecule has 0 aliphatic carbocycles. The smallest absolute Gasteiger partial charge is 0.338 e. The lowest BCUT2D eigenvalue weighted by Gasteiger charge is -2.06. The van der Waals surface area contributed by atoms with E-state index in [0.29, 0.717) is 24.0 Å². The van der Waals surface area contributed by atoms with E-state index >= 15 is 0 Å². The molecule has 114 valence electrons. The molecular formula is C16H15NO4S. The molecule has 0 bridgehead atoms. The van der Waals surface area contributed by atoms with Crippen LogP contribution in [0.1, 0.15) is 25.6 Å². The summed E-state index contributed by atoms with van der Waals surface area (Å²) < 4.78 is 4.91. The number of esters is 1. The standard InChI is InChI=1S/C16H15NO4S/c18-10-12-3-5-13(6-4-12)16(20)21-11-15(19)17-8-7-14-2-1-9-22-14/h1-6,9-10H,7-8,11H2,(H,17,19). The van der Waals surface area contributed by atoms with Crippen LogP contribution in [-0.4, -0.2) is 31.3 Å². The molecule has 0 radical (unpaired) electrons. The van der Waals surface area contributed by atoms with Gasteiger partial charge in [-0.1, -0.05) is 18.2 Å². The Morgan fingerprint density at radius 2 is 1.95 bits per heavy atom. The Bertz CT molecular complexity index is 635. The average molecular weight is 317 g/mol. The predicted octanol–water partition coefficient (Wildman–Crippen LogP) is 2.08. The Hall–Kier alpha value is -2.47. The third kappa shape index (κ3) is 4.82. The summed E-state index contributed by atoms with van der Waals surface area (Å²) in [5.41, 5.74) is 0.778. The second-order valence-electron chi connectivity index (χ2n) is 4.50. The summed E-state index contributed by atoms with van der Waals surface area (Å²) in [6.45, 7) is 0.184. The molecule has 0 saturated carbocycles. The largest absolute Gasteiger partial charge is 0.452 e. The first-order valence-electron chi connectivity index (χ1n) is 6.70. The molecule has 1 aromatic carbocycles. The highest BCUT2D eigenvalue weighted by molar-refractivity contribution is 7.09. The van der Waals surface area contributed by atoms with Crippen molar-refractivity contribution in [2.45, 2.75) is 6.42 Å². The lowest BCUT2D eigenvalue weighted by atomic mass is 10.1. The summed E-state index contributed by atoms with van der Waals surface area (Å²) in [7, 11) is 0. The minimum atomic E-state index is -0.592. The van der Waals surface area contributed by atoms with Crippen molar-refractivity contribution in [1.82, 2.24) is 5.32 Å². The van der Waals surface area contributed by atoms with Crippen LogP contribution in [0.15, 0.2) is 41.8 Å². The van der Waals surface area contributed by atoms with Gasteiger partial charge in [-0.25, -0.2) is 4.79 Å². The lowest BCUT2D eigenvalue weighted by molar-refractivity contribution is -0.124. The molecule has 0 spiro atoms. The molecule has 1 amide bonds. The first kappa shape index (κ1) is 15.9. The van der Waals surface area contributed by atoms with Crippen molar-refractivity contribution in [3.63, 3.8) is 0 Å². The number of ether oxygens (including phenoxy) is 1. The van der Waals surface area contributed by atoms with E-state index in [1.807, 2.05) is 17.5 Å². The maximum atomic E-state index is 11.7. The quantitative estimate of drug-likeness (QED) is 0.627. The minimum absolute atomic E-state index is 0.303. The summed E-state index contributed by atoms with van der Waals surface area (Å²) in [5, 5.41) is 4.67. The van der Waals surface area contributed by atoms with E-state index in [4.69, 9.17) is 4.74 Å². The molecule has 0 aliphatic rings. The number of amides is 1. The van der Waals surface area contributed by atoms with Gasteiger partial charge in [-0.2, -0.15) is 0 Å². The molecular weight excluding hydrogens is 302 g/mol. The van der Waals surface area contributed by atoms with Crippen LogP contribution in [0.5, 0.6) is 0 Å². The lowest BCUT2D eigenvalue weighted by Crippen LogP contribution is -2.30. The Morgan fingerprint density at radius 3 is 2.59 bits per heavy atom. The van der Waals surface area contributed by atoms with Gasteiger partial charge in [-0.15, -0.1) is 11.3 Å². The third-order valence-corrected chi connectivity index (χ3v) is 3.83. The van der Waals surface area contributed by atoms with Gasteiger partial charge in [0.25, 0.3) is 5.91 Å². The molecule has 2 aromatic rings. The summed E-state index contributed by atoms with van der Waals surface area (Å²) in [5.74, 6) is -0.930. The normalized spacial score (nSPS) is 10.0. The number of benzene rings is 1. The minimum Gasteiger partial charge on any atom is -0.452 e. The van der Waals surface area contributed by atoms with Crippen molar-refractivity contribution in [2.75, 3.05) is 13.2 Å². The molecule has 5 nitrogen and oxygen atoms in total. The van der Waals surface area contributed by atoms with Gasteiger partial charge in [0.2, 0.25) is 0 Å². The number of nitrogens with one attached hydrogen (secondary N) is 1. The highest BCUT2D eigenvalue weighted by atomic mass is 32.1. The number of rotatable bonds is 7. The maximum Gasteiger partial charge on any atom is 0.338 e. The first-order chi connectivity index (χ1) is 10.7. The fourth-order valence-corrected chi connectivity index (χ4v) is 2.45. The van der Waals surface area contributed by atoms with Crippen LogP contribution in [0.25, 0.3) is 0 Å². The highest BCUT2D eigenvalue weighted by Crippen LogP contribution is 2.08. The predicted molar refractivity (Wildman–Crippen MR) is 83.1 cm³/mol. The Balaban J connectivity index is 1.70. The number of aldehydes is 1. The summed E-state index contributed by atoms with van der Waals surface area (Å²) in [4.78, 5) is 35.0. The number of hydrogen-bond acceptors (Lipinski definition) is 5. The number of carbonyl (C=O) groups excluding carboxylic acids is 3. The molecule has 1 N–H and O–H groups in total. The molecule has 0 unspecified atom stereocenters. The van der Waals surface area contributed by atoms with Crippen molar-refractivity contribution in [3.05, 3.63) is 57.8 Å². The van der Waals surface area contributed by atoms with Gasteiger partial charge in [0, 0.05) is 17.0 Å². The van der Waals surface area contributed by atoms with E-state index in [-0.39, 0.29) is 12.5 Å². The summed E-state index contributed by atoms with van der Waals surface area (Å²) in [6.07, 6.45) is 1.45. The topological polar surface area (TPSA) is 72.5 Å². The van der Waals surface area contributed by atoms with E-state index in [0.717, 1.165) is 6.42 Å². The van der Waals surface area contributed by atoms with E-state index in [1.165, 1.54) is 29.1 Å². The van der Waals surface area contributed by atoms with Gasteiger partial charge >= 0.3 is 5.97 Å². The van der Waals surface area contributed by atoms with Crippen LogP contribution in [0.3, 0.4) is 0 Å². The van der Waals surface area contributed by atoms with Crippen LogP contribution in [-0.2, 0) is 16.0 Å². The molecule has 0 fully saturated rings. The van der Waals surface area contributed by atoms with E-state index < -0.39 is 5.97 Å². The zero-order chi connectivity index (χ0) is 15.8. The molecule has 6 heteroatoms. The fraction of sp³-hybridized carbons (Fsp3) is 0.188. The Labute approximate surface area is 131 Å². The zero-order valence-electron chi connectivity index (χ0n) is 11.8. The molecule has 22 heavy (non-hydrogen) atoms. The van der Waals surface area contributed by atoms with Crippen LogP contribution >= 0.6 is 11.3 Å². The van der Waals surface area contributed by atoms with Crippen LogP contribution in [0.4, 0.5) is 0 Å². The van der Waals surface area contributed by atoms with E-state index in [9.17, 15) is 14.4 Å². The van der Waals surface area contributed by atoms with Gasteiger partial charge in [0.15, 0.2) is 6.61 Å². The third-order valence-electron chi connectivity index (χ3n) is 2.89. The number of hydrogen-bond donors (Lipinski definition) is 1. The van der Waals surface area contributed by atoms with E-state index in [1.54, 1.807) is 11.3 Å². The molecule has 0 aliphatic heterocycles. The number of carbonyl (C=O) groups is 3. The first-order valence-corrected chi connectivity index (χ1v) is 7.58. The maximum absolute atomic E-state index is 11.7. The molecule has 0 atom stereocenters. The molecule has 1 aromatic heterocycles. The number of thiophene rings is 1.